The number of amides is 1. The summed E-state index contributed by atoms with van der Waals surface area (Å²) in [7, 11) is 0. The average molecular weight is 243 g/mol. The molecule has 0 saturated heterocycles. The van der Waals surface area contributed by atoms with Gasteiger partial charge in [-0.15, -0.1) is 0 Å². The first kappa shape index (κ1) is 12.4. The third-order valence-corrected chi connectivity index (χ3v) is 3.06. The minimum Gasteiger partial charge on any atom is -0.399 e. The van der Waals surface area contributed by atoms with Gasteiger partial charge in [0.15, 0.2) is 0 Å². The van der Waals surface area contributed by atoms with Crippen LogP contribution in [0.3, 0.4) is 0 Å². The number of aryl methyl sites for hydroxylation is 1. The highest BCUT2D eigenvalue weighted by atomic mass is 16.2. The van der Waals surface area contributed by atoms with Gasteiger partial charge in [-0.3, -0.25) is 4.79 Å². The van der Waals surface area contributed by atoms with E-state index in [1.165, 1.54) is 0 Å². The van der Waals surface area contributed by atoms with Gasteiger partial charge < -0.3 is 10.6 Å². The highest BCUT2D eigenvalue weighted by molar-refractivity contribution is 5.95. The lowest BCUT2D eigenvalue weighted by Gasteiger charge is -2.21. The Balaban J connectivity index is 2.19. The molecule has 1 aromatic rings. The zero-order valence-electron chi connectivity index (χ0n) is 10.5. The van der Waals surface area contributed by atoms with Crippen LogP contribution in [0.4, 0.5) is 5.69 Å². The van der Waals surface area contributed by atoms with E-state index in [-0.39, 0.29) is 5.91 Å². The number of nitrogens with zero attached hydrogens (tertiary/aromatic N) is 2. The molecule has 4 nitrogen and oxygen atoms in total. The van der Waals surface area contributed by atoms with E-state index >= 15 is 0 Å². The third-order valence-electron chi connectivity index (χ3n) is 3.06. The van der Waals surface area contributed by atoms with Crippen LogP contribution in [0.2, 0.25) is 0 Å². The number of rotatable bonds is 4. The van der Waals surface area contributed by atoms with Gasteiger partial charge in [0.25, 0.3) is 5.91 Å². The molecule has 0 radical (unpaired) electrons. The number of anilines is 1. The molecular formula is C14H17N3O. The molecule has 0 aliphatic heterocycles. The second-order valence-electron chi connectivity index (χ2n) is 4.77. The van der Waals surface area contributed by atoms with Gasteiger partial charge in [-0.25, -0.2) is 0 Å². The zero-order valence-corrected chi connectivity index (χ0v) is 10.5. The summed E-state index contributed by atoms with van der Waals surface area (Å²) in [5.74, 6) is -0.0110. The van der Waals surface area contributed by atoms with Gasteiger partial charge in [0.1, 0.15) is 0 Å². The van der Waals surface area contributed by atoms with Gasteiger partial charge in [-0.2, -0.15) is 5.26 Å². The van der Waals surface area contributed by atoms with Crippen LogP contribution in [0.15, 0.2) is 18.2 Å². The molecule has 4 heteroatoms. The van der Waals surface area contributed by atoms with Crippen LogP contribution in [0, 0.1) is 18.3 Å². The number of nitrogen functional groups attached to an aromatic ring is 1. The van der Waals surface area contributed by atoms with Crippen LogP contribution in [0.5, 0.6) is 0 Å². The fraction of sp³-hybridized carbons (Fsp3) is 0.429. The molecule has 1 aliphatic rings. The zero-order chi connectivity index (χ0) is 13.1. The van der Waals surface area contributed by atoms with Crippen LogP contribution >= 0.6 is 0 Å². The topological polar surface area (TPSA) is 70.1 Å². The van der Waals surface area contributed by atoms with E-state index in [9.17, 15) is 4.79 Å². The van der Waals surface area contributed by atoms with Crippen molar-refractivity contribution in [1.29, 1.82) is 5.26 Å². The molecule has 0 spiro atoms. The number of hydrogen-bond acceptors (Lipinski definition) is 3. The van der Waals surface area contributed by atoms with E-state index < -0.39 is 0 Å². The smallest absolute Gasteiger partial charge is 0.254 e. The number of carbonyl (C=O) groups excluding carboxylic acids is 1. The second kappa shape index (κ2) is 5.09. The van der Waals surface area contributed by atoms with Crippen LogP contribution in [-0.2, 0) is 0 Å². The molecule has 1 aliphatic carbocycles. The van der Waals surface area contributed by atoms with Crippen molar-refractivity contribution in [1.82, 2.24) is 4.90 Å². The molecule has 0 heterocycles. The summed E-state index contributed by atoms with van der Waals surface area (Å²) in [6, 6.07) is 7.80. The standard InChI is InChI=1S/C14H17N3O/c1-10-7-11(9-12(16)8-10)14(18)17(6-2-5-15)13-3-4-13/h7-9,13H,2-4,6,16H2,1H3. The normalized spacial score (nSPS) is 14.0. The van der Waals surface area contributed by atoms with Crippen LogP contribution in [-0.4, -0.2) is 23.4 Å². The number of nitrogens with two attached hydrogens (primary N) is 1. The average Bonchev–Trinajstić information content (AvgIpc) is 3.12. The third kappa shape index (κ3) is 2.80. The van der Waals surface area contributed by atoms with E-state index in [0.29, 0.717) is 30.3 Å². The monoisotopic (exact) mass is 243 g/mol. The quantitative estimate of drug-likeness (QED) is 0.823. The Morgan fingerprint density at radius 1 is 1.50 bits per heavy atom. The SMILES string of the molecule is Cc1cc(N)cc(C(=O)N(CCC#N)C2CC2)c1. The lowest BCUT2D eigenvalue weighted by atomic mass is 10.1. The van der Waals surface area contributed by atoms with Gasteiger partial charge >= 0.3 is 0 Å². The highest BCUT2D eigenvalue weighted by Crippen LogP contribution is 2.28. The Hall–Kier alpha value is -2.02. The number of benzene rings is 1. The summed E-state index contributed by atoms with van der Waals surface area (Å²) in [6.07, 6.45) is 2.46. The van der Waals surface area contributed by atoms with Gasteiger partial charge in [0.2, 0.25) is 0 Å². The lowest BCUT2D eigenvalue weighted by Crippen LogP contribution is -2.34. The molecule has 0 atom stereocenters. The van der Waals surface area contributed by atoms with Gasteiger partial charge in [-0.05, 0) is 43.5 Å². The first-order valence-corrected chi connectivity index (χ1v) is 6.17. The molecule has 2 N–H and O–H groups in total. The molecule has 0 aromatic heterocycles. The van der Waals surface area contributed by atoms with E-state index in [1.807, 2.05) is 19.1 Å². The summed E-state index contributed by atoms with van der Waals surface area (Å²) in [5.41, 5.74) is 7.98. The van der Waals surface area contributed by atoms with Crippen molar-refractivity contribution in [2.24, 2.45) is 0 Å². The maximum absolute atomic E-state index is 12.4. The number of carbonyl (C=O) groups is 1. The van der Waals surface area contributed by atoms with Gasteiger partial charge in [0.05, 0.1) is 12.5 Å². The molecule has 94 valence electrons. The van der Waals surface area contributed by atoms with Gasteiger partial charge in [0, 0.05) is 23.8 Å². The minimum absolute atomic E-state index is 0.0110. The first-order chi connectivity index (χ1) is 8.61. The summed E-state index contributed by atoms with van der Waals surface area (Å²) in [6.45, 7) is 2.43. The molecule has 2 rings (SSSR count). The Morgan fingerprint density at radius 3 is 2.78 bits per heavy atom. The van der Waals surface area contributed by atoms with Crippen LogP contribution in [0.1, 0.15) is 35.2 Å². The van der Waals surface area contributed by atoms with Crippen molar-refractivity contribution in [3.63, 3.8) is 0 Å². The molecule has 1 saturated carbocycles. The molecule has 0 bridgehead atoms. The Labute approximate surface area is 107 Å². The highest BCUT2D eigenvalue weighted by Gasteiger charge is 2.32. The van der Waals surface area contributed by atoms with E-state index in [0.717, 1.165) is 18.4 Å². The predicted molar refractivity (Wildman–Crippen MR) is 69.9 cm³/mol. The van der Waals surface area contributed by atoms with Crippen molar-refractivity contribution in [2.45, 2.75) is 32.2 Å². The summed E-state index contributed by atoms with van der Waals surface area (Å²) < 4.78 is 0. The number of nitriles is 1. The van der Waals surface area contributed by atoms with Crippen LogP contribution in [0.25, 0.3) is 0 Å². The second-order valence-corrected chi connectivity index (χ2v) is 4.77. The van der Waals surface area contributed by atoms with Crippen molar-refractivity contribution < 1.29 is 4.79 Å². The fourth-order valence-electron chi connectivity index (χ4n) is 2.11. The van der Waals surface area contributed by atoms with E-state index in [4.69, 9.17) is 11.0 Å². The Bertz CT molecular complexity index is 480. The molecule has 0 unspecified atom stereocenters. The Kier molecular flexibility index (Phi) is 3.52. The van der Waals surface area contributed by atoms with Crippen molar-refractivity contribution in [3.8, 4) is 6.07 Å². The molecule has 1 fully saturated rings. The molecular weight excluding hydrogens is 226 g/mol. The van der Waals surface area contributed by atoms with Crippen molar-refractivity contribution in [2.75, 3.05) is 12.3 Å². The maximum Gasteiger partial charge on any atom is 0.254 e. The van der Waals surface area contributed by atoms with Crippen LogP contribution < -0.4 is 5.73 Å². The number of hydrogen-bond donors (Lipinski definition) is 1. The van der Waals surface area contributed by atoms with E-state index in [1.54, 1.807) is 11.0 Å². The minimum atomic E-state index is -0.0110. The summed E-state index contributed by atoms with van der Waals surface area (Å²) in [5, 5.41) is 8.65. The fourth-order valence-corrected chi connectivity index (χ4v) is 2.11. The Morgan fingerprint density at radius 2 is 2.22 bits per heavy atom. The van der Waals surface area contributed by atoms with Gasteiger partial charge in [-0.1, -0.05) is 0 Å². The predicted octanol–water partition coefficient (Wildman–Crippen LogP) is 2.10. The first-order valence-electron chi connectivity index (χ1n) is 6.17. The molecule has 1 amide bonds. The largest absolute Gasteiger partial charge is 0.399 e. The van der Waals surface area contributed by atoms with E-state index in [2.05, 4.69) is 6.07 Å². The van der Waals surface area contributed by atoms with Crippen molar-refractivity contribution in [3.05, 3.63) is 29.3 Å². The molecule has 1 aromatic carbocycles. The van der Waals surface area contributed by atoms with Crippen molar-refractivity contribution >= 4 is 11.6 Å². The maximum atomic E-state index is 12.4. The molecule has 18 heavy (non-hydrogen) atoms. The lowest BCUT2D eigenvalue weighted by molar-refractivity contribution is 0.0747. The summed E-state index contributed by atoms with van der Waals surface area (Å²) >= 11 is 0. The summed E-state index contributed by atoms with van der Waals surface area (Å²) in [4.78, 5) is 14.2.